The number of halogens is 1. The lowest BCUT2D eigenvalue weighted by atomic mass is 10.1. The molecule has 0 aliphatic carbocycles. The van der Waals surface area contributed by atoms with Gasteiger partial charge < -0.3 is 4.98 Å². The molecule has 0 saturated heterocycles. The van der Waals surface area contributed by atoms with Crippen LogP contribution in [0.5, 0.6) is 0 Å². The fraction of sp³-hybridized carbons (Fsp3) is 0. The molecule has 2 aromatic heterocycles. The van der Waals surface area contributed by atoms with Gasteiger partial charge in [0.15, 0.2) is 0 Å². The van der Waals surface area contributed by atoms with Gasteiger partial charge in [-0.3, -0.25) is 4.79 Å². The van der Waals surface area contributed by atoms with Gasteiger partial charge in [-0.05, 0) is 0 Å². The number of nitrogens with zero attached hydrogens (tertiary/aromatic N) is 3. The van der Waals surface area contributed by atoms with Crippen molar-refractivity contribution in [3.8, 4) is 22.5 Å². The van der Waals surface area contributed by atoms with Gasteiger partial charge in [0.25, 0.3) is 5.56 Å². The van der Waals surface area contributed by atoms with Gasteiger partial charge in [-0.2, -0.15) is 0 Å². The summed E-state index contributed by atoms with van der Waals surface area (Å²) in [6.07, 6.45) is 2.87. The van der Waals surface area contributed by atoms with Crippen molar-refractivity contribution in [2.45, 2.75) is 0 Å². The monoisotopic (exact) mass is 362 g/mol. The summed E-state index contributed by atoms with van der Waals surface area (Å²) in [6, 6.07) is 22.7. The van der Waals surface area contributed by atoms with Gasteiger partial charge in [0, 0.05) is 23.3 Å². The van der Waals surface area contributed by atoms with E-state index in [-0.39, 0.29) is 5.56 Å². The van der Waals surface area contributed by atoms with Crippen LogP contribution in [0.25, 0.3) is 22.5 Å². The Hall–Kier alpha value is -3.31. The third-order valence-corrected chi connectivity index (χ3v) is 3.66. The van der Waals surface area contributed by atoms with Crippen LogP contribution in [-0.4, -0.2) is 19.9 Å². The molecule has 26 heavy (non-hydrogen) atoms. The summed E-state index contributed by atoms with van der Waals surface area (Å²) in [4.78, 5) is 25.4. The molecular formula is C20H15ClN4O. The van der Waals surface area contributed by atoms with Crippen molar-refractivity contribution in [2.24, 2.45) is 0 Å². The van der Waals surface area contributed by atoms with E-state index < -0.39 is 0 Å². The first-order valence-electron chi connectivity index (χ1n) is 7.85. The quantitative estimate of drug-likeness (QED) is 0.541. The lowest BCUT2D eigenvalue weighted by Gasteiger charge is -1.98. The Kier molecular flexibility index (Phi) is 5.85. The molecule has 128 valence electrons. The molecule has 0 fully saturated rings. The third-order valence-electron chi connectivity index (χ3n) is 3.45. The van der Waals surface area contributed by atoms with E-state index in [9.17, 15) is 4.79 Å². The van der Waals surface area contributed by atoms with E-state index in [1.165, 1.54) is 18.7 Å². The number of aromatic amines is 1. The zero-order valence-corrected chi connectivity index (χ0v) is 14.5. The maximum Gasteiger partial charge on any atom is 0.251 e. The average molecular weight is 363 g/mol. The van der Waals surface area contributed by atoms with Crippen LogP contribution >= 0.6 is 11.6 Å². The van der Waals surface area contributed by atoms with Crippen LogP contribution in [0.1, 0.15) is 0 Å². The smallest absolute Gasteiger partial charge is 0.251 e. The predicted molar refractivity (Wildman–Crippen MR) is 103 cm³/mol. The Morgan fingerprint density at radius 1 is 0.731 bits per heavy atom. The Bertz CT molecular complexity index is 1020. The SMILES string of the molecule is Clc1cc(-c2ccccc2)ncn1.O=c1cc(-c2ccccc2)nc[nH]1. The van der Waals surface area contributed by atoms with E-state index in [1.54, 1.807) is 6.07 Å². The summed E-state index contributed by atoms with van der Waals surface area (Å²) in [6.45, 7) is 0. The zero-order chi connectivity index (χ0) is 18.2. The molecule has 0 amide bonds. The van der Waals surface area contributed by atoms with Crippen LogP contribution in [0.15, 0.2) is 90.2 Å². The standard InChI is InChI=1S/C10H7ClN2.C10H8N2O/c11-10-6-9(12-7-13-10)8-4-2-1-3-5-8;13-10-6-9(11-7-12-10)8-4-2-1-3-5-8/h1-7H;1-7H,(H,11,12,13). The minimum absolute atomic E-state index is 0.131. The van der Waals surface area contributed by atoms with Crippen molar-refractivity contribution < 1.29 is 0 Å². The first-order valence-corrected chi connectivity index (χ1v) is 8.23. The van der Waals surface area contributed by atoms with E-state index in [1.807, 2.05) is 60.7 Å². The second-order valence-electron chi connectivity index (χ2n) is 5.25. The summed E-state index contributed by atoms with van der Waals surface area (Å²) >= 11 is 5.74. The molecule has 0 bridgehead atoms. The van der Waals surface area contributed by atoms with E-state index in [0.717, 1.165) is 16.8 Å². The molecule has 5 nitrogen and oxygen atoms in total. The second kappa shape index (κ2) is 8.69. The number of nitrogens with one attached hydrogen (secondary N) is 1. The van der Waals surface area contributed by atoms with E-state index in [4.69, 9.17) is 11.6 Å². The highest BCUT2D eigenvalue weighted by molar-refractivity contribution is 6.29. The second-order valence-corrected chi connectivity index (χ2v) is 5.64. The van der Waals surface area contributed by atoms with E-state index in [0.29, 0.717) is 10.8 Å². The third kappa shape index (κ3) is 4.84. The normalized spacial score (nSPS) is 9.88. The minimum atomic E-state index is -0.131. The molecule has 0 unspecified atom stereocenters. The van der Waals surface area contributed by atoms with Crippen LogP contribution in [-0.2, 0) is 0 Å². The largest absolute Gasteiger partial charge is 0.313 e. The molecule has 0 aliphatic heterocycles. The van der Waals surface area contributed by atoms with Crippen LogP contribution in [0.2, 0.25) is 5.15 Å². The average Bonchev–Trinajstić information content (AvgIpc) is 2.70. The number of hydrogen-bond acceptors (Lipinski definition) is 4. The minimum Gasteiger partial charge on any atom is -0.313 e. The first kappa shape index (κ1) is 17.5. The number of rotatable bonds is 2. The summed E-state index contributed by atoms with van der Waals surface area (Å²) < 4.78 is 0. The van der Waals surface area contributed by atoms with Gasteiger partial charge in [0.2, 0.25) is 0 Å². The van der Waals surface area contributed by atoms with Gasteiger partial charge >= 0.3 is 0 Å². The highest BCUT2D eigenvalue weighted by atomic mass is 35.5. The van der Waals surface area contributed by atoms with Gasteiger partial charge in [-0.1, -0.05) is 72.3 Å². The van der Waals surface area contributed by atoms with Gasteiger partial charge in [0.05, 0.1) is 17.7 Å². The summed E-state index contributed by atoms with van der Waals surface area (Å²) in [5.74, 6) is 0. The number of H-pyrrole nitrogens is 1. The predicted octanol–water partition coefficient (Wildman–Crippen LogP) is 4.23. The number of aromatic nitrogens is 4. The van der Waals surface area contributed by atoms with E-state index >= 15 is 0 Å². The highest BCUT2D eigenvalue weighted by Crippen LogP contribution is 2.17. The summed E-state index contributed by atoms with van der Waals surface area (Å²) in [7, 11) is 0. The van der Waals surface area contributed by atoms with Crippen molar-refractivity contribution in [3.63, 3.8) is 0 Å². The molecule has 0 atom stereocenters. The van der Waals surface area contributed by atoms with Crippen LogP contribution in [0, 0.1) is 0 Å². The molecule has 6 heteroatoms. The van der Waals surface area contributed by atoms with Crippen molar-refractivity contribution >= 4 is 11.6 Å². The van der Waals surface area contributed by atoms with Crippen LogP contribution < -0.4 is 5.56 Å². The topological polar surface area (TPSA) is 71.5 Å². The van der Waals surface area contributed by atoms with Crippen LogP contribution in [0.3, 0.4) is 0 Å². The molecule has 4 aromatic rings. The molecule has 0 aliphatic rings. The van der Waals surface area contributed by atoms with Crippen LogP contribution in [0.4, 0.5) is 0 Å². The van der Waals surface area contributed by atoms with E-state index in [2.05, 4.69) is 19.9 Å². The molecule has 2 aromatic carbocycles. The highest BCUT2D eigenvalue weighted by Gasteiger charge is 1.98. The molecule has 0 spiro atoms. The Balaban J connectivity index is 0.000000151. The fourth-order valence-electron chi connectivity index (χ4n) is 2.24. The lowest BCUT2D eigenvalue weighted by molar-refractivity contribution is 1.12. The molecule has 0 radical (unpaired) electrons. The zero-order valence-electron chi connectivity index (χ0n) is 13.7. The number of benzene rings is 2. The maximum atomic E-state index is 11.0. The van der Waals surface area contributed by atoms with Crippen molar-refractivity contribution in [2.75, 3.05) is 0 Å². The Labute approximate surface area is 155 Å². The molecule has 1 N–H and O–H groups in total. The van der Waals surface area contributed by atoms with Crippen molar-refractivity contribution in [1.29, 1.82) is 0 Å². The number of hydrogen-bond donors (Lipinski definition) is 1. The summed E-state index contributed by atoms with van der Waals surface area (Å²) in [5, 5.41) is 0.467. The molecular weight excluding hydrogens is 348 g/mol. The Morgan fingerprint density at radius 2 is 1.31 bits per heavy atom. The lowest BCUT2D eigenvalue weighted by Crippen LogP contribution is -2.04. The van der Waals surface area contributed by atoms with Crippen molar-refractivity contribution in [1.82, 2.24) is 19.9 Å². The Morgan fingerprint density at radius 3 is 1.85 bits per heavy atom. The fourth-order valence-corrected chi connectivity index (χ4v) is 2.38. The van der Waals surface area contributed by atoms with Gasteiger partial charge in [-0.25, -0.2) is 15.0 Å². The molecule has 2 heterocycles. The maximum absolute atomic E-state index is 11.0. The molecule has 4 rings (SSSR count). The first-order chi connectivity index (χ1) is 12.7. The van der Waals surface area contributed by atoms with Gasteiger partial charge in [-0.15, -0.1) is 0 Å². The molecule has 0 saturated carbocycles. The summed E-state index contributed by atoms with van der Waals surface area (Å²) in [5.41, 5.74) is 3.42. The van der Waals surface area contributed by atoms with Crippen molar-refractivity contribution in [3.05, 3.63) is 101 Å². The van der Waals surface area contributed by atoms with Gasteiger partial charge in [0.1, 0.15) is 11.5 Å².